The van der Waals surface area contributed by atoms with Crippen LogP contribution in [-0.2, 0) is 0 Å². The van der Waals surface area contributed by atoms with Crippen molar-refractivity contribution in [1.82, 2.24) is 5.43 Å². The standard InChI is InChI=1S/C22H37N3O3/c1-20-9-6-16(26)13-15(20)3-4-18-17(20)7-10-21(2)14(5-11-22(18,21)28)8-12-24-25-19(23)27/h12,14-18,26,28H,3-11,13H2,1-2H3,(H3,23,25,27)/b24-12+/t14-,15-,16+,17+,18-,20+,21-,22+/m1/s1. The Morgan fingerprint density at radius 1 is 1.14 bits per heavy atom. The number of amides is 2. The Morgan fingerprint density at radius 3 is 2.68 bits per heavy atom. The number of rotatable bonds is 3. The zero-order valence-corrected chi connectivity index (χ0v) is 17.4. The molecule has 5 N–H and O–H groups in total. The van der Waals surface area contributed by atoms with Crippen LogP contribution in [0, 0.1) is 34.5 Å². The third-order valence-electron chi connectivity index (χ3n) is 9.67. The van der Waals surface area contributed by atoms with Crippen LogP contribution in [0.25, 0.3) is 0 Å². The summed E-state index contributed by atoms with van der Waals surface area (Å²) in [5.74, 6) is 1.93. The van der Waals surface area contributed by atoms with E-state index in [4.69, 9.17) is 5.73 Å². The lowest BCUT2D eigenvalue weighted by Gasteiger charge is -2.63. The molecule has 2 amide bonds. The molecule has 4 aliphatic rings. The van der Waals surface area contributed by atoms with Gasteiger partial charge in [-0.05, 0) is 98.7 Å². The maximum atomic E-state index is 12.1. The quantitative estimate of drug-likeness (QED) is 0.438. The summed E-state index contributed by atoms with van der Waals surface area (Å²) >= 11 is 0. The van der Waals surface area contributed by atoms with Gasteiger partial charge in [0.2, 0.25) is 0 Å². The predicted octanol–water partition coefficient (Wildman–Crippen LogP) is 3.17. The number of urea groups is 1. The van der Waals surface area contributed by atoms with Crippen molar-refractivity contribution in [2.45, 2.75) is 89.8 Å². The molecule has 4 rings (SSSR count). The maximum absolute atomic E-state index is 12.1. The van der Waals surface area contributed by atoms with Crippen LogP contribution in [-0.4, -0.2) is 34.2 Å². The molecule has 0 aromatic heterocycles. The number of carbonyl (C=O) groups excluding carboxylic acids is 1. The first-order valence-electron chi connectivity index (χ1n) is 11.2. The third kappa shape index (κ3) is 2.90. The number of hydrazone groups is 1. The van der Waals surface area contributed by atoms with E-state index in [2.05, 4.69) is 24.4 Å². The van der Waals surface area contributed by atoms with Crippen LogP contribution in [0.3, 0.4) is 0 Å². The second kappa shape index (κ2) is 6.98. The highest BCUT2D eigenvalue weighted by atomic mass is 16.3. The summed E-state index contributed by atoms with van der Waals surface area (Å²) in [6.45, 7) is 4.73. The van der Waals surface area contributed by atoms with E-state index in [-0.39, 0.29) is 16.9 Å². The van der Waals surface area contributed by atoms with E-state index in [1.807, 2.05) is 0 Å². The Labute approximate surface area is 168 Å². The van der Waals surface area contributed by atoms with Crippen LogP contribution < -0.4 is 11.2 Å². The van der Waals surface area contributed by atoms with Crippen LogP contribution in [0.1, 0.15) is 78.1 Å². The van der Waals surface area contributed by atoms with Crippen molar-refractivity contribution < 1.29 is 15.0 Å². The second-order valence-corrected chi connectivity index (χ2v) is 10.6. The maximum Gasteiger partial charge on any atom is 0.332 e. The average molecular weight is 392 g/mol. The number of nitrogens with zero attached hydrogens (tertiary/aromatic N) is 1. The lowest BCUT2D eigenvalue weighted by atomic mass is 9.43. The molecule has 0 aromatic carbocycles. The molecule has 4 saturated carbocycles. The van der Waals surface area contributed by atoms with E-state index < -0.39 is 11.6 Å². The van der Waals surface area contributed by atoms with Gasteiger partial charge in [-0.1, -0.05) is 13.8 Å². The van der Waals surface area contributed by atoms with Gasteiger partial charge < -0.3 is 15.9 Å². The summed E-state index contributed by atoms with van der Waals surface area (Å²) in [7, 11) is 0. The molecule has 4 aliphatic carbocycles. The molecule has 8 atom stereocenters. The summed E-state index contributed by atoms with van der Waals surface area (Å²) in [5, 5.41) is 26.2. The van der Waals surface area contributed by atoms with Crippen LogP contribution >= 0.6 is 0 Å². The SMILES string of the molecule is C[C@]12CC[C@H](O)C[C@H]1CC[C@@H]1[C@@H]2CC[C@]2(C)[C@@H](C/C=N/NC(N)=O)CC[C@]12O. The molecule has 0 unspecified atom stereocenters. The highest BCUT2D eigenvalue weighted by Crippen LogP contribution is 2.69. The Kier molecular flexibility index (Phi) is 5.02. The molecule has 6 heteroatoms. The number of primary amides is 1. The zero-order chi connectivity index (χ0) is 20.2. The molecular weight excluding hydrogens is 354 g/mol. The normalized spacial score (nSPS) is 50.6. The number of nitrogens with two attached hydrogens (primary N) is 1. The summed E-state index contributed by atoms with van der Waals surface area (Å²) in [6.07, 6.45) is 11.7. The monoisotopic (exact) mass is 391 g/mol. The van der Waals surface area contributed by atoms with E-state index >= 15 is 0 Å². The highest BCUT2D eigenvalue weighted by Gasteiger charge is 2.66. The van der Waals surface area contributed by atoms with Gasteiger partial charge in [-0.2, -0.15) is 5.10 Å². The minimum absolute atomic E-state index is 0.0930. The first-order chi connectivity index (χ1) is 13.2. The Hall–Kier alpha value is -1.14. The van der Waals surface area contributed by atoms with Crippen LogP contribution in [0.4, 0.5) is 4.79 Å². The minimum atomic E-state index is -0.645. The van der Waals surface area contributed by atoms with Gasteiger partial charge in [0, 0.05) is 6.21 Å². The molecule has 158 valence electrons. The van der Waals surface area contributed by atoms with Gasteiger partial charge >= 0.3 is 6.03 Å². The fourth-order valence-electron chi connectivity index (χ4n) is 7.98. The van der Waals surface area contributed by atoms with Gasteiger partial charge in [-0.15, -0.1) is 0 Å². The number of hydrogen-bond donors (Lipinski definition) is 4. The van der Waals surface area contributed by atoms with Crippen LogP contribution in [0.15, 0.2) is 5.10 Å². The van der Waals surface area contributed by atoms with Crippen molar-refractivity contribution >= 4 is 12.2 Å². The number of nitrogens with one attached hydrogen (secondary N) is 1. The van der Waals surface area contributed by atoms with Gasteiger partial charge in [0.1, 0.15) is 0 Å². The van der Waals surface area contributed by atoms with Crippen molar-refractivity contribution in [3.05, 3.63) is 0 Å². The first kappa shape index (κ1) is 20.1. The lowest BCUT2D eigenvalue weighted by molar-refractivity contribution is -0.209. The number of aliphatic hydroxyl groups excluding tert-OH is 1. The Balaban J connectivity index is 1.53. The average Bonchev–Trinajstić information content (AvgIpc) is 2.90. The van der Waals surface area contributed by atoms with E-state index in [0.717, 1.165) is 57.8 Å². The number of aliphatic hydroxyl groups is 2. The fraction of sp³-hybridized carbons (Fsp3) is 0.909. The smallest absolute Gasteiger partial charge is 0.332 e. The van der Waals surface area contributed by atoms with Gasteiger partial charge in [0.25, 0.3) is 0 Å². The summed E-state index contributed by atoms with van der Waals surface area (Å²) in [5.41, 5.74) is 6.92. The van der Waals surface area contributed by atoms with Gasteiger partial charge in [-0.3, -0.25) is 0 Å². The number of hydrogen-bond acceptors (Lipinski definition) is 4. The fourth-order valence-corrected chi connectivity index (χ4v) is 7.98. The van der Waals surface area contributed by atoms with E-state index in [9.17, 15) is 15.0 Å². The number of fused-ring (bicyclic) bond motifs is 5. The van der Waals surface area contributed by atoms with Crippen molar-refractivity contribution in [3.63, 3.8) is 0 Å². The highest BCUT2D eigenvalue weighted by molar-refractivity contribution is 5.72. The van der Waals surface area contributed by atoms with E-state index in [0.29, 0.717) is 23.7 Å². The minimum Gasteiger partial charge on any atom is -0.393 e. The predicted molar refractivity (Wildman–Crippen MR) is 109 cm³/mol. The molecule has 0 spiro atoms. The summed E-state index contributed by atoms with van der Waals surface area (Å²) in [6, 6.07) is -0.645. The summed E-state index contributed by atoms with van der Waals surface area (Å²) in [4.78, 5) is 10.8. The molecule has 0 heterocycles. The first-order valence-corrected chi connectivity index (χ1v) is 11.2. The molecule has 0 bridgehead atoms. The summed E-state index contributed by atoms with van der Waals surface area (Å²) < 4.78 is 0. The Bertz CT molecular complexity index is 655. The number of carbonyl (C=O) groups is 1. The van der Waals surface area contributed by atoms with E-state index in [1.54, 1.807) is 6.21 Å². The largest absolute Gasteiger partial charge is 0.393 e. The van der Waals surface area contributed by atoms with Crippen molar-refractivity contribution in [1.29, 1.82) is 0 Å². The van der Waals surface area contributed by atoms with Crippen molar-refractivity contribution in [3.8, 4) is 0 Å². The van der Waals surface area contributed by atoms with Crippen LogP contribution in [0.5, 0.6) is 0 Å². The van der Waals surface area contributed by atoms with Gasteiger partial charge in [0.15, 0.2) is 0 Å². The molecule has 0 aromatic rings. The molecule has 6 nitrogen and oxygen atoms in total. The third-order valence-corrected chi connectivity index (χ3v) is 9.67. The van der Waals surface area contributed by atoms with Crippen molar-refractivity contribution in [2.75, 3.05) is 0 Å². The molecule has 0 radical (unpaired) electrons. The topological polar surface area (TPSA) is 108 Å². The van der Waals surface area contributed by atoms with Crippen LogP contribution in [0.2, 0.25) is 0 Å². The Morgan fingerprint density at radius 2 is 1.93 bits per heavy atom. The van der Waals surface area contributed by atoms with Gasteiger partial charge in [0.05, 0.1) is 11.7 Å². The molecule has 0 aliphatic heterocycles. The molecule has 0 saturated heterocycles. The van der Waals surface area contributed by atoms with Gasteiger partial charge in [-0.25, -0.2) is 10.2 Å². The van der Waals surface area contributed by atoms with Crippen molar-refractivity contribution in [2.24, 2.45) is 45.3 Å². The lowest BCUT2D eigenvalue weighted by Crippen LogP contribution is -2.62. The molecule has 4 fully saturated rings. The second-order valence-electron chi connectivity index (χ2n) is 10.6. The molecule has 28 heavy (non-hydrogen) atoms. The molecular formula is C22H37N3O3. The van der Waals surface area contributed by atoms with E-state index in [1.165, 1.54) is 6.42 Å². The zero-order valence-electron chi connectivity index (χ0n) is 17.4.